The predicted molar refractivity (Wildman–Crippen MR) is 90.1 cm³/mol. The fourth-order valence-electron chi connectivity index (χ4n) is 2.31. The summed E-state index contributed by atoms with van der Waals surface area (Å²) in [6.07, 6.45) is 17.9. The Hall–Kier alpha value is -1.45. The van der Waals surface area contributed by atoms with E-state index >= 15 is 0 Å². The van der Waals surface area contributed by atoms with E-state index in [4.69, 9.17) is 10.2 Å². The molecule has 4 nitrogen and oxygen atoms in total. The molecule has 0 aliphatic heterocycles. The summed E-state index contributed by atoms with van der Waals surface area (Å²) >= 11 is 0. The number of aliphatic hydroxyl groups excluding tert-OH is 2. The first-order valence-electron chi connectivity index (χ1n) is 8.61. The van der Waals surface area contributed by atoms with Gasteiger partial charge in [0, 0.05) is 0 Å². The van der Waals surface area contributed by atoms with Crippen LogP contribution in [0.25, 0.3) is 0 Å². The van der Waals surface area contributed by atoms with E-state index < -0.39 is 17.5 Å². The van der Waals surface area contributed by atoms with Gasteiger partial charge in [-0.2, -0.15) is 0 Å². The average Bonchev–Trinajstić information content (AvgIpc) is 2.50. The summed E-state index contributed by atoms with van der Waals surface area (Å²) in [4.78, 5) is 10.4. The lowest BCUT2D eigenvalue weighted by Crippen LogP contribution is -2.02. The highest BCUT2D eigenvalue weighted by Gasteiger charge is 2.08. The van der Waals surface area contributed by atoms with Gasteiger partial charge in [0.05, 0.1) is 0 Å². The van der Waals surface area contributed by atoms with Gasteiger partial charge >= 0.3 is 5.97 Å². The number of unbranched alkanes of at least 4 members (excludes halogenated alkanes) is 11. The fraction of sp³-hybridized carbons (Fsp3) is 0.722. The minimum absolute atomic E-state index is 0.587. The lowest BCUT2D eigenvalue weighted by molar-refractivity contribution is -0.135. The Kier molecular flexibility index (Phi) is 13.5. The summed E-state index contributed by atoms with van der Waals surface area (Å²) in [5.41, 5.74) is 0. The highest BCUT2D eigenvalue weighted by Crippen LogP contribution is 2.12. The normalized spacial score (nSPS) is 12.6. The maximum atomic E-state index is 10.4. The number of carbonyl (C=O) groups is 1. The van der Waals surface area contributed by atoms with Gasteiger partial charge in [-0.05, 0) is 18.9 Å². The second-order valence-electron chi connectivity index (χ2n) is 5.77. The van der Waals surface area contributed by atoms with E-state index in [1.54, 1.807) is 6.08 Å². The zero-order valence-corrected chi connectivity index (χ0v) is 13.9. The second-order valence-corrected chi connectivity index (χ2v) is 5.77. The minimum atomic E-state index is -1.52. The Morgan fingerprint density at radius 3 is 1.68 bits per heavy atom. The van der Waals surface area contributed by atoms with Crippen molar-refractivity contribution in [3.63, 3.8) is 0 Å². The monoisotopic (exact) mass is 312 g/mol. The van der Waals surface area contributed by atoms with E-state index in [0.29, 0.717) is 0 Å². The summed E-state index contributed by atoms with van der Waals surface area (Å²) in [5.74, 6) is -3.11. The Bertz CT molecular complexity index is 345. The molecule has 4 heteroatoms. The van der Waals surface area contributed by atoms with Crippen LogP contribution < -0.4 is 0 Å². The van der Waals surface area contributed by atoms with E-state index in [9.17, 15) is 9.90 Å². The van der Waals surface area contributed by atoms with Gasteiger partial charge in [0.25, 0.3) is 0 Å². The van der Waals surface area contributed by atoms with Crippen molar-refractivity contribution in [3.8, 4) is 0 Å². The van der Waals surface area contributed by atoms with Crippen molar-refractivity contribution < 1.29 is 20.1 Å². The first-order chi connectivity index (χ1) is 10.6. The molecule has 0 aromatic rings. The molecule has 0 amide bonds. The summed E-state index contributed by atoms with van der Waals surface area (Å²) in [6.45, 7) is 2.24. The topological polar surface area (TPSA) is 77.8 Å². The van der Waals surface area contributed by atoms with Crippen LogP contribution in [0.2, 0.25) is 0 Å². The third-order valence-electron chi connectivity index (χ3n) is 3.70. The van der Waals surface area contributed by atoms with E-state index in [1.165, 1.54) is 63.9 Å². The van der Waals surface area contributed by atoms with Gasteiger partial charge in [0.15, 0.2) is 5.76 Å². The van der Waals surface area contributed by atoms with Crippen molar-refractivity contribution in [3.05, 3.63) is 23.7 Å². The van der Waals surface area contributed by atoms with E-state index in [0.717, 1.165) is 19.3 Å². The molecule has 0 spiro atoms. The molecule has 0 radical (unpaired) electrons. The van der Waals surface area contributed by atoms with Crippen LogP contribution in [-0.2, 0) is 4.79 Å². The van der Waals surface area contributed by atoms with Gasteiger partial charge < -0.3 is 15.3 Å². The molecule has 0 bridgehead atoms. The number of hydrogen-bond donors (Lipinski definition) is 3. The largest absolute Gasteiger partial charge is 0.504 e. The second kappa shape index (κ2) is 14.5. The number of carboxylic acid groups (broad SMARTS) is 1. The molecular formula is C18H32O4. The molecule has 0 fully saturated rings. The van der Waals surface area contributed by atoms with Crippen LogP contribution in [0.4, 0.5) is 0 Å². The number of aliphatic carboxylic acids is 1. The van der Waals surface area contributed by atoms with Gasteiger partial charge in [0.2, 0.25) is 5.76 Å². The lowest BCUT2D eigenvalue weighted by atomic mass is 10.1. The minimum Gasteiger partial charge on any atom is -0.504 e. The fourth-order valence-corrected chi connectivity index (χ4v) is 2.31. The van der Waals surface area contributed by atoms with Crippen LogP contribution in [0.1, 0.15) is 84.0 Å². The zero-order valence-electron chi connectivity index (χ0n) is 13.9. The first-order valence-corrected chi connectivity index (χ1v) is 8.61. The van der Waals surface area contributed by atoms with Crippen molar-refractivity contribution in [1.29, 1.82) is 0 Å². The number of aliphatic hydroxyl groups is 2. The number of rotatable bonds is 14. The quantitative estimate of drug-likeness (QED) is 0.167. The molecule has 0 unspecified atom stereocenters. The Balaban J connectivity index is 3.40. The summed E-state index contributed by atoms with van der Waals surface area (Å²) < 4.78 is 0. The van der Waals surface area contributed by atoms with E-state index in [1.807, 2.05) is 0 Å². The molecule has 0 heterocycles. The van der Waals surface area contributed by atoms with Gasteiger partial charge in [-0.15, -0.1) is 0 Å². The van der Waals surface area contributed by atoms with Crippen LogP contribution in [0.3, 0.4) is 0 Å². The van der Waals surface area contributed by atoms with Gasteiger partial charge in [-0.3, -0.25) is 0 Å². The van der Waals surface area contributed by atoms with Crippen LogP contribution in [0.5, 0.6) is 0 Å². The van der Waals surface area contributed by atoms with Crippen molar-refractivity contribution in [2.75, 3.05) is 0 Å². The molecule has 0 aliphatic rings. The highest BCUT2D eigenvalue weighted by atomic mass is 16.4. The summed E-state index contributed by atoms with van der Waals surface area (Å²) in [7, 11) is 0. The SMILES string of the molecule is CCCCCCCCCCCCCC=CC(O)=C(O)C(=O)O. The molecule has 0 aromatic carbocycles. The van der Waals surface area contributed by atoms with E-state index in [2.05, 4.69) is 6.92 Å². The maximum absolute atomic E-state index is 10.4. The van der Waals surface area contributed by atoms with Crippen LogP contribution in [-0.4, -0.2) is 21.3 Å². The van der Waals surface area contributed by atoms with Crippen LogP contribution in [0, 0.1) is 0 Å². The Morgan fingerprint density at radius 1 is 0.773 bits per heavy atom. The van der Waals surface area contributed by atoms with Crippen LogP contribution >= 0.6 is 0 Å². The smallest absolute Gasteiger partial charge is 0.374 e. The van der Waals surface area contributed by atoms with Crippen LogP contribution in [0.15, 0.2) is 23.7 Å². The number of hydrogen-bond acceptors (Lipinski definition) is 3. The average molecular weight is 312 g/mol. The summed E-state index contributed by atoms with van der Waals surface area (Å²) in [6, 6.07) is 0. The Labute approximate surface area is 134 Å². The molecule has 0 saturated heterocycles. The molecule has 22 heavy (non-hydrogen) atoms. The third-order valence-corrected chi connectivity index (χ3v) is 3.70. The van der Waals surface area contributed by atoms with Crippen molar-refractivity contribution in [2.45, 2.75) is 84.0 Å². The maximum Gasteiger partial charge on any atom is 0.374 e. The van der Waals surface area contributed by atoms with Gasteiger partial charge in [0.1, 0.15) is 0 Å². The molecule has 3 N–H and O–H groups in total. The standard InChI is InChI=1S/C18H32O4/c1-2-3-4-5-6-7-8-9-10-11-12-13-14-15-16(19)17(20)18(21)22/h14-15,19-20H,2-13H2,1H3,(H,21,22). The molecule has 0 saturated carbocycles. The predicted octanol–water partition coefficient (Wildman–Crippen LogP) is 5.66. The molecule has 0 rings (SSSR count). The van der Waals surface area contributed by atoms with Crippen molar-refractivity contribution in [1.82, 2.24) is 0 Å². The van der Waals surface area contributed by atoms with Crippen molar-refractivity contribution >= 4 is 5.97 Å². The van der Waals surface area contributed by atoms with E-state index in [-0.39, 0.29) is 0 Å². The van der Waals surface area contributed by atoms with Crippen molar-refractivity contribution in [2.24, 2.45) is 0 Å². The molecule has 0 atom stereocenters. The highest BCUT2D eigenvalue weighted by molar-refractivity contribution is 5.84. The number of allylic oxidation sites excluding steroid dienone is 2. The first kappa shape index (κ1) is 20.6. The molecule has 128 valence electrons. The summed E-state index contributed by atoms with van der Waals surface area (Å²) in [5, 5.41) is 26.6. The molecular weight excluding hydrogens is 280 g/mol. The van der Waals surface area contributed by atoms with Gasteiger partial charge in [-0.25, -0.2) is 4.79 Å². The zero-order chi connectivity index (χ0) is 16.6. The number of carboxylic acids is 1. The third kappa shape index (κ3) is 12.3. The molecule has 0 aromatic heterocycles. The van der Waals surface area contributed by atoms with Gasteiger partial charge in [-0.1, -0.05) is 77.2 Å². The lowest BCUT2D eigenvalue weighted by Gasteiger charge is -2.01. The Morgan fingerprint density at radius 2 is 1.23 bits per heavy atom. The molecule has 0 aliphatic carbocycles.